The Balaban J connectivity index is 2.54. The largest absolute Gasteiger partial charge is 0.454 e. The van der Waals surface area contributed by atoms with E-state index in [4.69, 9.17) is 0 Å². The molecule has 1 unspecified atom stereocenters. The van der Waals surface area contributed by atoms with Crippen LogP contribution in [-0.2, 0) is 19.1 Å². The van der Waals surface area contributed by atoms with Gasteiger partial charge in [0.05, 0.1) is 6.42 Å². The predicted molar refractivity (Wildman–Crippen MR) is 28.7 cm³/mol. The summed E-state index contributed by atoms with van der Waals surface area (Å²) < 4.78 is 4.27. The maximum Gasteiger partial charge on any atom is 0.293 e. The zero-order chi connectivity index (χ0) is 7.56. The molecule has 1 aliphatic heterocycles. The van der Waals surface area contributed by atoms with Crippen LogP contribution in [0.2, 0.25) is 0 Å². The third-order valence-electron chi connectivity index (χ3n) is 1.15. The fraction of sp³-hybridized carbons (Fsp3) is 0.400. The van der Waals surface area contributed by atoms with Crippen molar-refractivity contribution in [3.8, 4) is 0 Å². The van der Waals surface area contributed by atoms with E-state index in [0.29, 0.717) is 0 Å². The van der Waals surface area contributed by atoms with Gasteiger partial charge >= 0.3 is 0 Å². The third kappa shape index (κ3) is 1.12. The van der Waals surface area contributed by atoms with Crippen LogP contribution in [0.25, 0.3) is 0 Å². The highest BCUT2D eigenvalue weighted by molar-refractivity contribution is 6.05. The second kappa shape index (κ2) is 2.47. The zero-order valence-electron chi connectivity index (χ0n) is 4.99. The third-order valence-corrected chi connectivity index (χ3v) is 1.15. The molecular weight excluding hydrogens is 138 g/mol. The van der Waals surface area contributed by atoms with Gasteiger partial charge in [0, 0.05) is 0 Å². The van der Waals surface area contributed by atoms with Crippen LogP contribution in [0.5, 0.6) is 0 Å². The molecule has 5 heteroatoms. The van der Waals surface area contributed by atoms with Crippen LogP contribution >= 0.6 is 0 Å². The molecule has 1 fully saturated rings. The molecule has 0 bridgehead atoms. The summed E-state index contributed by atoms with van der Waals surface area (Å²) >= 11 is 0. The molecule has 1 aliphatic rings. The van der Waals surface area contributed by atoms with Crippen molar-refractivity contribution >= 4 is 18.3 Å². The Morgan fingerprint density at radius 2 is 2.30 bits per heavy atom. The molecule has 1 saturated heterocycles. The Morgan fingerprint density at radius 3 is 2.70 bits per heavy atom. The van der Waals surface area contributed by atoms with E-state index in [9.17, 15) is 14.4 Å². The smallest absolute Gasteiger partial charge is 0.293 e. The normalized spacial score (nSPS) is 24.2. The van der Waals surface area contributed by atoms with Gasteiger partial charge in [0.15, 0.2) is 6.10 Å². The Bertz CT molecular complexity index is 188. The zero-order valence-corrected chi connectivity index (χ0v) is 4.99. The average molecular weight is 143 g/mol. The molecule has 1 rings (SSSR count). The quantitative estimate of drug-likeness (QED) is 0.380. The van der Waals surface area contributed by atoms with Crippen molar-refractivity contribution in [3.63, 3.8) is 0 Å². The van der Waals surface area contributed by atoms with Crippen LogP contribution in [0.4, 0.5) is 0 Å². The minimum absolute atomic E-state index is 0.0580. The van der Waals surface area contributed by atoms with Crippen LogP contribution in [0.1, 0.15) is 6.42 Å². The van der Waals surface area contributed by atoms with Gasteiger partial charge in [0.1, 0.15) is 0 Å². The van der Waals surface area contributed by atoms with Gasteiger partial charge in [0.25, 0.3) is 12.4 Å². The van der Waals surface area contributed by atoms with Gasteiger partial charge in [-0.3, -0.25) is 19.7 Å². The predicted octanol–water partition coefficient (Wildman–Crippen LogP) is -1.43. The Morgan fingerprint density at radius 1 is 1.60 bits per heavy atom. The number of carbonyl (C=O) groups is 3. The number of ether oxygens (including phenoxy) is 1. The number of rotatable bonds is 2. The van der Waals surface area contributed by atoms with E-state index in [1.54, 1.807) is 0 Å². The molecule has 0 aromatic heterocycles. The van der Waals surface area contributed by atoms with Crippen LogP contribution in [0.15, 0.2) is 0 Å². The molecule has 1 N–H and O–H groups in total. The summed E-state index contributed by atoms with van der Waals surface area (Å²) in [7, 11) is 0. The molecule has 0 radical (unpaired) electrons. The first kappa shape index (κ1) is 6.73. The summed E-state index contributed by atoms with van der Waals surface area (Å²) in [6, 6.07) is 0. The van der Waals surface area contributed by atoms with Crippen molar-refractivity contribution in [1.29, 1.82) is 0 Å². The first-order chi connectivity index (χ1) is 4.74. The van der Waals surface area contributed by atoms with Crippen molar-refractivity contribution in [3.05, 3.63) is 0 Å². The standard InChI is InChI=1S/C5H5NO4/c7-2-10-3-1-4(8)6-5(3)9/h2-3H,1H2,(H,6,8,9). The summed E-state index contributed by atoms with van der Waals surface area (Å²) in [4.78, 5) is 30.7. The maximum atomic E-state index is 10.6. The lowest BCUT2D eigenvalue weighted by atomic mass is 10.3. The van der Waals surface area contributed by atoms with Crippen molar-refractivity contribution in [2.75, 3.05) is 0 Å². The summed E-state index contributed by atoms with van der Waals surface area (Å²) in [5.74, 6) is -0.950. The Labute approximate surface area is 56.3 Å². The Hall–Kier alpha value is -1.39. The topological polar surface area (TPSA) is 72.5 Å². The molecule has 0 aliphatic carbocycles. The summed E-state index contributed by atoms with van der Waals surface area (Å²) in [6.45, 7) is 0.156. The Kier molecular flexibility index (Phi) is 1.66. The minimum atomic E-state index is -0.912. The number of carbonyl (C=O) groups excluding carboxylic acids is 3. The van der Waals surface area contributed by atoms with Crippen LogP contribution in [0.3, 0.4) is 0 Å². The van der Waals surface area contributed by atoms with E-state index in [-0.39, 0.29) is 12.9 Å². The van der Waals surface area contributed by atoms with Crippen LogP contribution in [0, 0.1) is 0 Å². The van der Waals surface area contributed by atoms with Crippen molar-refractivity contribution in [1.82, 2.24) is 5.32 Å². The van der Waals surface area contributed by atoms with E-state index in [1.165, 1.54) is 0 Å². The fourth-order valence-corrected chi connectivity index (χ4v) is 0.707. The van der Waals surface area contributed by atoms with E-state index < -0.39 is 17.9 Å². The fourth-order valence-electron chi connectivity index (χ4n) is 0.707. The molecule has 54 valence electrons. The first-order valence-corrected chi connectivity index (χ1v) is 2.67. The molecule has 0 aromatic rings. The highest BCUT2D eigenvalue weighted by Gasteiger charge is 2.31. The highest BCUT2D eigenvalue weighted by atomic mass is 16.5. The molecule has 2 amide bonds. The van der Waals surface area contributed by atoms with Gasteiger partial charge in [-0.1, -0.05) is 0 Å². The van der Waals surface area contributed by atoms with Crippen LogP contribution in [-0.4, -0.2) is 24.4 Å². The van der Waals surface area contributed by atoms with Crippen molar-refractivity contribution in [2.24, 2.45) is 0 Å². The summed E-state index contributed by atoms with van der Waals surface area (Å²) in [5, 5.41) is 1.99. The van der Waals surface area contributed by atoms with Gasteiger partial charge < -0.3 is 4.74 Å². The van der Waals surface area contributed by atoms with E-state index in [1.807, 2.05) is 5.32 Å². The van der Waals surface area contributed by atoms with Gasteiger partial charge in [-0.2, -0.15) is 0 Å². The molecule has 0 aromatic carbocycles. The molecular formula is C5H5NO4. The van der Waals surface area contributed by atoms with Gasteiger partial charge in [-0.25, -0.2) is 0 Å². The number of hydrogen-bond donors (Lipinski definition) is 1. The lowest BCUT2D eigenvalue weighted by molar-refractivity contribution is -0.142. The monoisotopic (exact) mass is 143 g/mol. The SMILES string of the molecule is O=COC1CC(=O)NC1=O. The number of amides is 2. The summed E-state index contributed by atoms with van der Waals surface area (Å²) in [6.07, 6.45) is -0.970. The van der Waals surface area contributed by atoms with Crippen molar-refractivity contribution in [2.45, 2.75) is 12.5 Å². The average Bonchev–Trinajstić information content (AvgIpc) is 2.13. The minimum Gasteiger partial charge on any atom is -0.454 e. The van der Waals surface area contributed by atoms with E-state index in [2.05, 4.69) is 4.74 Å². The highest BCUT2D eigenvalue weighted by Crippen LogP contribution is 2.03. The number of nitrogens with one attached hydrogen (secondary N) is 1. The lowest BCUT2D eigenvalue weighted by Crippen LogP contribution is -2.26. The second-order valence-electron chi connectivity index (χ2n) is 1.84. The van der Waals surface area contributed by atoms with Crippen molar-refractivity contribution < 1.29 is 19.1 Å². The van der Waals surface area contributed by atoms with E-state index in [0.717, 1.165) is 0 Å². The number of hydrogen-bond acceptors (Lipinski definition) is 4. The molecule has 1 atom stereocenters. The molecule has 1 heterocycles. The lowest BCUT2D eigenvalue weighted by Gasteiger charge is -1.99. The maximum absolute atomic E-state index is 10.6. The van der Waals surface area contributed by atoms with Gasteiger partial charge in [-0.15, -0.1) is 0 Å². The molecule has 0 saturated carbocycles. The van der Waals surface area contributed by atoms with E-state index >= 15 is 0 Å². The first-order valence-electron chi connectivity index (χ1n) is 2.67. The van der Waals surface area contributed by atoms with Gasteiger partial charge in [-0.05, 0) is 0 Å². The van der Waals surface area contributed by atoms with Crippen LogP contribution < -0.4 is 5.32 Å². The second-order valence-corrected chi connectivity index (χ2v) is 1.84. The molecule has 0 spiro atoms. The summed E-state index contributed by atoms with van der Waals surface area (Å²) in [5.41, 5.74) is 0. The molecule has 5 nitrogen and oxygen atoms in total. The van der Waals surface area contributed by atoms with Gasteiger partial charge in [0.2, 0.25) is 5.91 Å². The number of imide groups is 1. The molecule has 10 heavy (non-hydrogen) atoms.